The van der Waals surface area contributed by atoms with Crippen molar-refractivity contribution in [3.8, 4) is 0 Å². The van der Waals surface area contributed by atoms with Crippen LogP contribution >= 0.6 is 0 Å². The van der Waals surface area contributed by atoms with Crippen LogP contribution in [-0.4, -0.2) is 37.2 Å². The van der Waals surface area contributed by atoms with E-state index in [2.05, 4.69) is 81.5 Å². The van der Waals surface area contributed by atoms with Gasteiger partial charge in [0, 0.05) is 19.3 Å². The van der Waals surface area contributed by atoms with Crippen molar-refractivity contribution in [2.24, 2.45) is 0 Å². The fourth-order valence-electron chi connectivity index (χ4n) is 7.49. The topological polar surface area (TPSA) is 78.9 Å². The van der Waals surface area contributed by atoms with Crippen molar-refractivity contribution in [3.63, 3.8) is 0 Å². The van der Waals surface area contributed by atoms with E-state index < -0.39 is 6.10 Å². The third kappa shape index (κ3) is 50.0. The number of carbonyl (C=O) groups excluding carboxylic acids is 3. The van der Waals surface area contributed by atoms with Gasteiger partial charge in [0.05, 0.1) is 0 Å². The first-order chi connectivity index (χ1) is 31.0. The van der Waals surface area contributed by atoms with Gasteiger partial charge in [-0.05, 0) is 89.9 Å². The van der Waals surface area contributed by atoms with Crippen LogP contribution in [0, 0.1) is 0 Å². The fraction of sp³-hybridized carbons (Fsp3) is 0.772. The summed E-state index contributed by atoms with van der Waals surface area (Å²) in [5, 5.41) is 0. The number of carbonyl (C=O) groups is 3. The molecule has 0 fully saturated rings. The van der Waals surface area contributed by atoms with Gasteiger partial charge in [-0.15, -0.1) is 0 Å². The normalized spacial score (nSPS) is 12.5. The van der Waals surface area contributed by atoms with Gasteiger partial charge in [-0.3, -0.25) is 14.4 Å². The molecule has 6 nitrogen and oxygen atoms in total. The Morgan fingerprint density at radius 3 is 1.02 bits per heavy atom. The van der Waals surface area contributed by atoms with Crippen LogP contribution in [0.4, 0.5) is 0 Å². The first-order valence-electron chi connectivity index (χ1n) is 26.8. The SMILES string of the molecule is CC/C=C/C=C/C=C/CCCCCCCC(=O)OCC(COC(=O)CCCCCCCCC/C=C/CCCCCCCC)OC(=O)CCCCCCCCC/C=C/CCCCCC. The van der Waals surface area contributed by atoms with Gasteiger partial charge in [-0.25, -0.2) is 0 Å². The molecule has 6 heteroatoms. The van der Waals surface area contributed by atoms with Crippen LogP contribution in [0.5, 0.6) is 0 Å². The lowest BCUT2D eigenvalue weighted by molar-refractivity contribution is -0.167. The second kappa shape index (κ2) is 51.7. The largest absolute Gasteiger partial charge is 0.462 e. The third-order valence-corrected chi connectivity index (χ3v) is 11.5. The van der Waals surface area contributed by atoms with E-state index in [1.165, 1.54) is 141 Å². The fourth-order valence-corrected chi connectivity index (χ4v) is 7.49. The number of ether oxygens (including phenoxy) is 3. The molecule has 0 spiro atoms. The highest BCUT2D eigenvalue weighted by Crippen LogP contribution is 2.15. The lowest BCUT2D eigenvalue weighted by Crippen LogP contribution is -2.30. The van der Waals surface area contributed by atoms with E-state index in [9.17, 15) is 14.4 Å². The van der Waals surface area contributed by atoms with Gasteiger partial charge in [0.2, 0.25) is 0 Å². The zero-order valence-electron chi connectivity index (χ0n) is 41.6. The summed E-state index contributed by atoms with van der Waals surface area (Å²) in [6, 6.07) is 0. The Morgan fingerprint density at radius 2 is 0.635 bits per heavy atom. The van der Waals surface area contributed by atoms with Gasteiger partial charge in [-0.1, -0.05) is 216 Å². The average molecular weight is 881 g/mol. The molecule has 0 aromatic heterocycles. The molecule has 0 aromatic rings. The minimum Gasteiger partial charge on any atom is -0.462 e. The number of hydrogen-bond donors (Lipinski definition) is 0. The van der Waals surface area contributed by atoms with Crippen LogP contribution in [0.2, 0.25) is 0 Å². The quantitative estimate of drug-likeness (QED) is 0.0199. The molecule has 0 radical (unpaired) electrons. The van der Waals surface area contributed by atoms with Gasteiger partial charge in [-0.2, -0.15) is 0 Å². The first-order valence-corrected chi connectivity index (χ1v) is 26.8. The van der Waals surface area contributed by atoms with Crippen molar-refractivity contribution in [2.75, 3.05) is 13.2 Å². The van der Waals surface area contributed by atoms with E-state index in [0.29, 0.717) is 19.3 Å². The van der Waals surface area contributed by atoms with Crippen molar-refractivity contribution in [1.29, 1.82) is 0 Å². The number of esters is 3. The summed E-state index contributed by atoms with van der Waals surface area (Å²) < 4.78 is 16.8. The molecule has 0 amide bonds. The summed E-state index contributed by atoms with van der Waals surface area (Å²) in [6.07, 6.45) is 63.4. The van der Waals surface area contributed by atoms with E-state index >= 15 is 0 Å². The number of unbranched alkanes of at least 4 members (excludes halogenated alkanes) is 29. The standard InChI is InChI=1S/C57H100O6/c1-4-7-10-13-16-19-22-25-27-28-30-32-35-38-41-44-47-50-56(59)62-53-54(52-61-55(58)49-46-43-40-37-34-31-24-21-18-15-12-9-6-3)63-57(60)51-48-45-42-39-36-33-29-26-23-20-17-14-11-8-5-2/h9,12,15,18,20-21,23-25,27,54H,4-8,10-11,13-14,16-17,19,22,26,28-53H2,1-3H3/b12-9+,18-15+,23-20+,24-21+,27-25+. The Balaban J connectivity index is 4.39. The smallest absolute Gasteiger partial charge is 0.306 e. The molecule has 0 heterocycles. The highest BCUT2D eigenvalue weighted by molar-refractivity contribution is 5.71. The molecule has 1 unspecified atom stereocenters. The van der Waals surface area contributed by atoms with E-state index in [1.807, 2.05) is 0 Å². The Kier molecular flexibility index (Phi) is 49.4. The van der Waals surface area contributed by atoms with Crippen LogP contribution in [0.3, 0.4) is 0 Å². The lowest BCUT2D eigenvalue weighted by Gasteiger charge is -2.18. The summed E-state index contributed by atoms with van der Waals surface area (Å²) in [4.78, 5) is 38.0. The number of rotatable bonds is 48. The molecule has 0 N–H and O–H groups in total. The van der Waals surface area contributed by atoms with Crippen LogP contribution in [0.25, 0.3) is 0 Å². The van der Waals surface area contributed by atoms with Gasteiger partial charge < -0.3 is 14.2 Å². The van der Waals surface area contributed by atoms with Gasteiger partial charge >= 0.3 is 17.9 Å². The highest BCUT2D eigenvalue weighted by Gasteiger charge is 2.19. The Morgan fingerprint density at radius 1 is 0.333 bits per heavy atom. The van der Waals surface area contributed by atoms with Crippen LogP contribution < -0.4 is 0 Å². The molecule has 0 saturated carbocycles. The maximum atomic E-state index is 12.8. The number of hydrogen-bond acceptors (Lipinski definition) is 6. The van der Waals surface area contributed by atoms with Crippen molar-refractivity contribution >= 4 is 17.9 Å². The Labute approximate surface area is 390 Å². The molecule has 0 saturated heterocycles. The van der Waals surface area contributed by atoms with Crippen LogP contribution in [0.15, 0.2) is 60.8 Å². The molecule has 1 atom stereocenters. The predicted octanol–water partition coefficient (Wildman–Crippen LogP) is 17.6. The minimum atomic E-state index is -0.785. The minimum absolute atomic E-state index is 0.0843. The Bertz CT molecular complexity index is 1150. The van der Waals surface area contributed by atoms with E-state index in [1.54, 1.807) is 0 Å². The van der Waals surface area contributed by atoms with E-state index in [0.717, 1.165) is 83.5 Å². The van der Waals surface area contributed by atoms with Crippen LogP contribution in [-0.2, 0) is 28.6 Å². The second-order valence-electron chi connectivity index (χ2n) is 17.8. The van der Waals surface area contributed by atoms with E-state index in [-0.39, 0.29) is 31.1 Å². The van der Waals surface area contributed by atoms with Gasteiger partial charge in [0.1, 0.15) is 13.2 Å². The first kappa shape index (κ1) is 60.1. The average Bonchev–Trinajstić information content (AvgIpc) is 3.28. The summed E-state index contributed by atoms with van der Waals surface area (Å²) in [5.74, 6) is -0.908. The van der Waals surface area contributed by atoms with Crippen molar-refractivity contribution in [3.05, 3.63) is 60.8 Å². The summed E-state index contributed by atoms with van der Waals surface area (Å²) >= 11 is 0. The predicted molar refractivity (Wildman–Crippen MR) is 270 cm³/mol. The third-order valence-electron chi connectivity index (χ3n) is 11.5. The molecular formula is C57H100O6. The molecule has 0 aliphatic carbocycles. The molecule has 0 aliphatic rings. The summed E-state index contributed by atoms with van der Waals surface area (Å²) in [5.41, 5.74) is 0. The van der Waals surface area contributed by atoms with E-state index in [4.69, 9.17) is 14.2 Å². The molecule has 0 bridgehead atoms. The molecule has 0 rings (SSSR count). The second-order valence-corrected chi connectivity index (χ2v) is 17.8. The summed E-state index contributed by atoms with van der Waals surface area (Å²) in [7, 11) is 0. The van der Waals surface area contributed by atoms with Gasteiger partial charge in [0.25, 0.3) is 0 Å². The zero-order chi connectivity index (χ0) is 45.8. The monoisotopic (exact) mass is 881 g/mol. The van der Waals surface area contributed by atoms with Crippen molar-refractivity contribution in [2.45, 2.75) is 271 Å². The lowest BCUT2D eigenvalue weighted by atomic mass is 10.1. The maximum absolute atomic E-state index is 12.8. The number of allylic oxidation sites excluding steroid dienone is 10. The molecule has 0 aromatic carbocycles. The molecular weight excluding hydrogens is 781 g/mol. The van der Waals surface area contributed by atoms with Crippen LogP contribution in [0.1, 0.15) is 265 Å². The molecule has 63 heavy (non-hydrogen) atoms. The highest BCUT2D eigenvalue weighted by atomic mass is 16.6. The molecule has 364 valence electrons. The zero-order valence-corrected chi connectivity index (χ0v) is 41.6. The van der Waals surface area contributed by atoms with Crippen molar-refractivity contribution < 1.29 is 28.6 Å². The summed E-state index contributed by atoms with van der Waals surface area (Å²) in [6.45, 7) is 6.48. The Hall–Kier alpha value is -2.89. The maximum Gasteiger partial charge on any atom is 0.306 e. The van der Waals surface area contributed by atoms with Gasteiger partial charge in [0.15, 0.2) is 6.10 Å². The molecule has 0 aliphatic heterocycles. The van der Waals surface area contributed by atoms with Crippen molar-refractivity contribution in [1.82, 2.24) is 0 Å².